The molecule has 1 fully saturated rings. The predicted octanol–water partition coefficient (Wildman–Crippen LogP) is 7.00. The molecule has 4 rings (SSSR count). The number of alkyl halides is 2. The van der Waals surface area contributed by atoms with Gasteiger partial charge in [-0.25, -0.2) is 0 Å². The first-order chi connectivity index (χ1) is 15.9. The highest BCUT2D eigenvalue weighted by atomic mass is 35.5. The van der Waals surface area contributed by atoms with Gasteiger partial charge in [0.15, 0.2) is 0 Å². The van der Waals surface area contributed by atoms with Crippen molar-refractivity contribution in [1.82, 2.24) is 0 Å². The Bertz CT molecular complexity index is 1130. The number of hydrogen-bond acceptors (Lipinski definition) is 4. The van der Waals surface area contributed by atoms with Crippen molar-refractivity contribution in [3.63, 3.8) is 0 Å². The van der Waals surface area contributed by atoms with E-state index in [4.69, 9.17) is 37.4 Å². The Hall–Kier alpha value is -2.69. The van der Waals surface area contributed by atoms with Crippen molar-refractivity contribution in [2.75, 3.05) is 6.61 Å². The molecule has 6 heteroatoms. The molecule has 0 N–H and O–H groups in total. The molecule has 0 aromatic heterocycles. The number of rotatable bonds is 9. The molecule has 1 unspecified atom stereocenters. The maximum Gasteiger partial charge on any atom is 0.320 e. The molecule has 0 bridgehead atoms. The van der Waals surface area contributed by atoms with Crippen molar-refractivity contribution in [3.8, 4) is 17.2 Å². The van der Waals surface area contributed by atoms with Crippen molar-refractivity contribution in [3.05, 3.63) is 89.5 Å². The molecule has 3 aromatic carbocycles. The Kier molecular flexibility index (Phi) is 6.87. The molecule has 33 heavy (non-hydrogen) atoms. The summed E-state index contributed by atoms with van der Waals surface area (Å²) in [6, 6.07) is 22.7. The minimum atomic E-state index is -1.20. The number of ether oxygens (including phenoxy) is 3. The summed E-state index contributed by atoms with van der Waals surface area (Å²) in [5.74, 6) is 1.72. The van der Waals surface area contributed by atoms with Gasteiger partial charge in [0, 0.05) is 6.42 Å². The molecule has 0 spiro atoms. The van der Waals surface area contributed by atoms with Gasteiger partial charge in [-0.1, -0.05) is 66.5 Å². The Labute approximate surface area is 204 Å². The number of aryl methyl sites for hydroxylation is 1. The Morgan fingerprint density at radius 2 is 1.48 bits per heavy atom. The van der Waals surface area contributed by atoms with E-state index >= 15 is 0 Å². The summed E-state index contributed by atoms with van der Waals surface area (Å²) in [5.41, 5.74) is 1.64. The van der Waals surface area contributed by atoms with Crippen molar-refractivity contribution in [2.24, 2.45) is 0 Å². The van der Waals surface area contributed by atoms with Crippen molar-refractivity contribution < 1.29 is 19.0 Å². The number of carbonyl (C=O) groups is 1. The van der Waals surface area contributed by atoms with Gasteiger partial charge < -0.3 is 14.2 Å². The molecule has 172 valence electrons. The first-order valence-electron chi connectivity index (χ1n) is 11.0. The highest BCUT2D eigenvalue weighted by Crippen LogP contribution is 2.65. The second kappa shape index (κ2) is 9.66. The monoisotopic (exact) mass is 484 g/mol. The number of hydrogen-bond donors (Lipinski definition) is 0. The number of benzene rings is 3. The SMILES string of the molecule is CCOc1ccc(C2(C(=O)OCc3cccc(Oc4cccc(CC)c4)c3)CC2(Cl)Cl)cc1. The fraction of sp³-hybridized carbons (Fsp3) is 0.296. The summed E-state index contributed by atoms with van der Waals surface area (Å²) in [6.45, 7) is 4.67. The lowest BCUT2D eigenvalue weighted by Crippen LogP contribution is -2.28. The average molecular weight is 485 g/mol. The number of halogens is 2. The lowest BCUT2D eigenvalue weighted by Gasteiger charge is -2.18. The molecule has 1 aliphatic carbocycles. The van der Waals surface area contributed by atoms with Crippen LogP contribution in [0, 0.1) is 0 Å². The molecule has 1 saturated carbocycles. The van der Waals surface area contributed by atoms with Crippen LogP contribution in [0.25, 0.3) is 0 Å². The summed E-state index contributed by atoms with van der Waals surface area (Å²) in [7, 11) is 0. The zero-order valence-corrected chi connectivity index (χ0v) is 20.2. The van der Waals surface area contributed by atoms with E-state index in [2.05, 4.69) is 13.0 Å². The molecular formula is C27H26Cl2O4. The summed E-state index contributed by atoms with van der Waals surface area (Å²) in [6.07, 6.45) is 1.23. The average Bonchev–Trinajstić information content (AvgIpc) is 3.42. The van der Waals surface area contributed by atoms with Crippen LogP contribution in [0.1, 0.15) is 37.0 Å². The maximum atomic E-state index is 13.1. The van der Waals surface area contributed by atoms with Gasteiger partial charge in [0.1, 0.15) is 33.6 Å². The first kappa shape index (κ1) is 23.5. The quantitative estimate of drug-likeness (QED) is 0.242. The maximum absolute atomic E-state index is 13.1. The topological polar surface area (TPSA) is 44.8 Å². The van der Waals surface area contributed by atoms with Crippen LogP contribution in [-0.4, -0.2) is 16.9 Å². The van der Waals surface area contributed by atoms with E-state index in [0.717, 1.165) is 23.5 Å². The van der Waals surface area contributed by atoms with Crippen LogP contribution in [0.15, 0.2) is 72.8 Å². The Balaban J connectivity index is 1.45. The van der Waals surface area contributed by atoms with Crippen molar-refractivity contribution in [1.29, 1.82) is 0 Å². The fourth-order valence-electron chi connectivity index (χ4n) is 3.88. The second-order valence-corrected chi connectivity index (χ2v) is 9.55. The summed E-state index contributed by atoms with van der Waals surface area (Å²) >= 11 is 12.9. The second-order valence-electron chi connectivity index (χ2n) is 8.07. The summed E-state index contributed by atoms with van der Waals surface area (Å²) in [4.78, 5) is 13.1. The third-order valence-electron chi connectivity index (χ3n) is 5.80. The molecule has 0 saturated heterocycles. The Morgan fingerprint density at radius 3 is 2.06 bits per heavy atom. The van der Waals surface area contributed by atoms with Gasteiger partial charge in [0.25, 0.3) is 0 Å². The van der Waals surface area contributed by atoms with Gasteiger partial charge in [-0.05, 0) is 66.4 Å². The molecular weight excluding hydrogens is 459 g/mol. The third kappa shape index (κ3) is 4.97. The Morgan fingerprint density at radius 1 is 0.879 bits per heavy atom. The molecule has 0 aliphatic heterocycles. The van der Waals surface area contributed by atoms with Crippen LogP contribution >= 0.6 is 23.2 Å². The van der Waals surface area contributed by atoms with E-state index in [1.807, 2.05) is 73.7 Å². The van der Waals surface area contributed by atoms with Crippen LogP contribution in [-0.2, 0) is 28.0 Å². The number of esters is 1. The van der Waals surface area contributed by atoms with E-state index in [1.54, 1.807) is 0 Å². The molecule has 0 radical (unpaired) electrons. The highest BCUT2D eigenvalue weighted by Gasteiger charge is 2.73. The van der Waals surface area contributed by atoms with Gasteiger partial charge in [-0.2, -0.15) is 0 Å². The van der Waals surface area contributed by atoms with E-state index < -0.39 is 15.7 Å². The van der Waals surface area contributed by atoms with Gasteiger partial charge in [0.05, 0.1) is 6.61 Å². The van der Waals surface area contributed by atoms with Gasteiger partial charge in [0.2, 0.25) is 0 Å². The third-order valence-corrected chi connectivity index (χ3v) is 6.72. The standard InChI is InChI=1S/C27H26Cl2O4/c1-3-19-7-5-9-23(15-19)33-24-10-6-8-20(16-24)17-32-25(30)26(18-27(26,28)29)21-11-13-22(14-12-21)31-4-2/h5-16H,3-4,17-18H2,1-2H3. The largest absolute Gasteiger partial charge is 0.494 e. The molecule has 1 aliphatic rings. The zero-order chi connectivity index (χ0) is 23.5. The summed E-state index contributed by atoms with van der Waals surface area (Å²) in [5, 5.41) is 0. The van der Waals surface area contributed by atoms with Gasteiger partial charge in [-0.3, -0.25) is 4.79 Å². The van der Waals surface area contributed by atoms with Crippen LogP contribution in [0.3, 0.4) is 0 Å². The smallest absolute Gasteiger partial charge is 0.320 e. The predicted molar refractivity (Wildman–Crippen MR) is 130 cm³/mol. The minimum absolute atomic E-state index is 0.0909. The van der Waals surface area contributed by atoms with E-state index in [1.165, 1.54) is 5.56 Å². The number of carbonyl (C=O) groups excluding carboxylic acids is 1. The molecule has 0 amide bonds. The van der Waals surface area contributed by atoms with E-state index in [-0.39, 0.29) is 6.61 Å². The molecule has 1 atom stereocenters. The zero-order valence-electron chi connectivity index (χ0n) is 18.6. The lowest BCUT2D eigenvalue weighted by molar-refractivity contribution is -0.148. The van der Waals surface area contributed by atoms with Crippen LogP contribution in [0.4, 0.5) is 0 Å². The van der Waals surface area contributed by atoms with E-state index in [0.29, 0.717) is 24.3 Å². The normalized spacial score (nSPS) is 18.4. The van der Waals surface area contributed by atoms with Crippen LogP contribution < -0.4 is 9.47 Å². The van der Waals surface area contributed by atoms with Gasteiger partial charge >= 0.3 is 5.97 Å². The molecule has 4 nitrogen and oxygen atoms in total. The van der Waals surface area contributed by atoms with Gasteiger partial charge in [-0.15, -0.1) is 0 Å². The van der Waals surface area contributed by atoms with Crippen LogP contribution in [0.5, 0.6) is 17.2 Å². The van der Waals surface area contributed by atoms with E-state index in [9.17, 15) is 4.79 Å². The van der Waals surface area contributed by atoms with Crippen molar-refractivity contribution in [2.45, 2.75) is 43.0 Å². The highest BCUT2D eigenvalue weighted by molar-refractivity contribution is 6.54. The molecule has 3 aromatic rings. The minimum Gasteiger partial charge on any atom is -0.494 e. The molecule has 0 heterocycles. The lowest BCUT2D eigenvalue weighted by atomic mass is 9.96. The fourth-order valence-corrected chi connectivity index (χ4v) is 4.65. The first-order valence-corrected chi connectivity index (χ1v) is 11.8. The van der Waals surface area contributed by atoms with Crippen molar-refractivity contribution >= 4 is 29.2 Å². The summed E-state index contributed by atoms with van der Waals surface area (Å²) < 4.78 is 15.9. The van der Waals surface area contributed by atoms with Crippen LogP contribution in [0.2, 0.25) is 0 Å².